The van der Waals surface area contributed by atoms with E-state index in [4.69, 9.17) is 18.9 Å². The number of carbonyl (C=O) groups is 1. The number of unbranched alkanes of at least 4 members (excludes halogenated alkanes) is 26. The van der Waals surface area contributed by atoms with E-state index in [-0.39, 0.29) is 18.9 Å². The van der Waals surface area contributed by atoms with Crippen LogP contribution in [0.25, 0.3) is 0 Å². The molecule has 0 aliphatic carbocycles. The molecule has 0 radical (unpaired) electrons. The van der Waals surface area contributed by atoms with Crippen LogP contribution in [0.4, 0.5) is 0 Å². The molecule has 14 nitrogen and oxygen atoms in total. The van der Waals surface area contributed by atoms with Crippen LogP contribution in [0.15, 0.2) is 12.2 Å². The molecule has 63 heavy (non-hydrogen) atoms. The van der Waals surface area contributed by atoms with Gasteiger partial charge in [0.25, 0.3) is 0 Å². The molecular formula is C49H93NO13. The zero-order valence-electron chi connectivity index (χ0n) is 39.3. The van der Waals surface area contributed by atoms with Crippen LogP contribution in [-0.2, 0) is 23.7 Å². The van der Waals surface area contributed by atoms with E-state index in [1.165, 1.54) is 135 Å². The van der Waals surface area contributed by atoms with Gasteiger partial charge in [-0.1, -0.05) is 187 Å². The molecule has 0 aromatic heterocycles. The third-order valence-corrected chi connectivity index (χ3v) is 12.7. The van der Waals surface area contributed by atoms with E-state index in [9.17, 15) is 45.6 Å². The molecule has 0 saturated carbocycles. The van der Waals surface area contributed by atoms with Crippen LogP contribution in [-0.4, -0.2) is 140 Å². The van der Waals surface area contributed by atoms with E-state index in [1.54, 1.807) is 6.08 Å². The Morgan fingerprint density at radius 3 is 1.46 bits per heavy atom. The van der Waals surface area contributed by atoms with Crippen LogP contribution in [0, 0.1) is 0 Å². The molecule has 0 aromatic rings. The molecule has 0 bridgehead atoms. The molecule has 2 saturated heterocycles. The molecular weight excluding hydrogens is 811 g/mol. The van der Waals surface area contributed by atoms with Crippen molar-refractivity contribution in [1.29, 1.82) is 0 Å². The smallest absolute Gasteiger partial charge is 0.220 e. The summed E-state index contributed by atoms with van der Waals surface area (Å²) in [5, 5.41) is 86.6. The molecule has 1 amide bonds. The van der Waals surface area contributed by atoms with Gasteiger partial charge in [-0.3, -0.25) is 4.79 Å². The van der Waals surface area contributed by atoms with E-state index in [0.717, 1.165) is 38.5 Å². The van der Waals surface area contributed by atoms with E-state index < -0.39 is 86.8 Å². The summed E-state index contributed by atoms with van der Waals surface area (Å²) in [6, 6.07) is -0.906. The number of amides is 1. The molecule has 2 heterocycles. The third-order valence-electron chi connectivity index (χ3n) is 12.7. The molecule has 2 aliphatic heterocycles. The summed E-state index contributed by atoms with van der Waals surface area (Å²) in [5.74, 6) is -0.242. The third kappa shape index (κ3) is 24.4. The van der Waals surface area contributed by atoms with Gasteiger partial charge in [-0.05, 0) is 19.3 Å². The average Bonchev–Trinajstić information content (AvgIpc) is 3.28. The van der Waals surface area contributed by atoms with Gasteiger partial charge in [0.15, 0.2) is 12.6 Å². The normalized spacial score (nSPS) is 27.5. The van der Waals surface area contributed by atoms with Crippen LogP contribution < -0.4 is 5.32 Å². The highest BCUT2D eigenvalue weighted by Gasteiger charge is 2.51. The average molecular weight is 904 g/mol. The Morgan fingerprint density at radius 2 is 0.984 bits per heavy atom. The minimum atomic E-state index is -1.78. The van der Waals surface area contributed by atoms with Gasteiger partial charge < -0.3 is 65.1 Å². The summed E-state index contributed by atoms with van der Waals surface area (Å²) >= 11 is 0. The lowest BCUT2D eigenvalue weighted by molar-refractivity contribution is -0.359. The first-order valence-electron chi connectivity index (χ1n) is 25.4. The monoisotopic (exact) mass is 904 g/mol. The fourth-order valence-corrected chi connectivity index (χ4v) is 8.53. The lowest BCUT2D eigenvalue weighted by Crippen LogP contribution is -2.65. The van der Waals surface area contributed by atoms with Crippen LogP contribution in [0.1, 0.15) is 200 Å². The number of hydrogen-bond acceptors (Lipinski definition) is 13. The maximum Gasteiger partial charge on any atom is 0.220 e. The second kappa shape index (κ2) is 36.8. The predicted molar refractivity (Wildman–Crippen MR) is 245 cm³/mol. The molecule has 9 N–H and O–H groups in total. The lowest BCUT2D eigenvalue weighted by Gasteiger charge is -2.46. The Hall–Kier alpha value is -1.27. The van der Waals surface area contributed by atoms with Crippen LogP contribution >= 0.6 is 0 Å². The molecule has 2 fully saturated rings. The molecule has 0 spiro atoms. The number of carbonyl (C=O) groups excluding carboxylic acids is 1. The van der Waals surface area contributed by atoms with Crippen molar-refractivity contribution in [3.05, 3.63) is 12.2 Å². The Kier molecular flexibility index (Phi) is 33.8. The molecule has 12 atom stereocenters. The van der Waals surface area contributed by atoms with E-state index >= 15 is 0 Å². The van der Waals surface area contributed by atoms with Gasteiger partial charge in [-0.2, -0.15) is 0 Å². The number of aliphatic hydroxyl groups is 8. The highest BCUT2D eigenvalue weighted by molar-refractivity contribution is 5.76. The Bertz CT molecular complexity index is 1120. The molecule has 372 valence electrons. The number of aliphatic hydroxyl groups excluding tert-OH is 8. The van der Waals surface area contributed by atoms with Gasteiger partial charge in [0.2, 0.25) is 5.91 Å². The lowest BCUT2D eigenvalue weighted by atomic mass is 9.97. The summed E-state index contributed by atoms with van der Waals surface area (Å²) < 4.78 is 22.7. The first-order valence-corrected chi connectivity index (χ1v) is 25.4. The van der Waals surface area contributed by atoms with Gasteiger partial charge in [0, 0.05) is 6.42 Å². The first kappa shape index (κ1) is 57.9. The van der Waals surface area contributed by atoms with Crippen molar-refractivity contribution in [1.82, 2.24) is 5.32 Å². The highest BCUT2D eigenvalue weighted by atomic mass is 16.7. The van der Waals surface area contributed by atoms with E-state index in [1.807, 2.05) is 6.08 Å². The van der Waals surface area contributed by atoms with Gasteiger partial charge in [-0.15, -0.1) is 0 Å². The maximum atomic E-state index is 13.1. The van der Waals surface area contributed by atoms with E-state index in [2.05, 4.69) is 19.2 Å². The summed E-state index contributed by atoms with van der Waals surface area (Å²) in [4.78, 5) is 13.1. The molecule has 0 aromatic carbocycles. The Labute approximate surface area is 380 Å². The van der Waals surface area contributed by atoms with Crippen LogP contribution in [0.2, 0.25) is 0 Å². The summed E-state index contributed by atoms with van der Waals surface area (Å²) in [6.07, 6.45) is 21.2. The maximum absolute atomic E-state index is 13.1. The summed E-state index contributed by atoms with van der Waals surface area (Å²) in [6.45, 7) is 2.76. The first-order chi connectivity index (χ1) is 30.6. The zero-order chi connectivity index (χ0) is 46.1. The second-order valence-corrected chi connectivity index (χ2v) is 18.3. The quantitative estimate of drug-likeness (QED) is 0.0241. The standard InChI is InChI=1S/C49H93NO13/c1-3-5-7-9-11-13-14-15-16-17-18-19-20-21-22-23-25-26-28-30-32-38(53)37(50-41(54)33-31-29-27-24-12-10-8-6-4-2)36-60-48-46(59)44(57)47(40(35-52)62-48)63-49-45(58)43(56)42(55)39(34-51)61-49/h30,32,37-40,42-49,51-53,55-59H,3-29,31,33-36H2,1-2H3,(H,50,54)/b32-30+. The topological polar surface area (TPSA) is 228 Å². The van der Waals surface area contributed by atoms with E-state index in [0.29, 0.717) is 6.42 Å². The molecule has 2 rings (SSSR count). The molecule has 2 aliphatic rings. The zero-order valence-corrected chi connectivity index (χ0v) is 39.3. The van der Waals surface area contributed by atoms with Crippen molar-refractivity contribution in [2.45, 2.75) is 274 Å². The van der Waals surface area contributed by atoms with Crippen molar-refractivity contribution in [2.24, 2.45) is 0 Å². The summed E-state index contributed by atoms with van der Waals surface area (Å²) in [5.41, 5.74) is 0. The van der Waals surface area contributed by atoms with Gasteiger partial charge in [0.1, 0.15) is 48.8 Å². The Morgan fingerprint density at radius 1 is 0.556 bits per heavy atom. The van der Waals surface area contributed by atoms with Crippen molar-refractivity contribution >= 4 is 5.91 Å². The SMILES string of the molecule is CCCCCCCCCCCCCCCCCCCC/C=C/C(O)C(COC1OC(CO)C(OC2OC(CO)C(O)C(O)C2O)C(O)C1O)NC(=O)CCCCCCCCCCC. The van der Waals surface area contributed by atoms with Gasteiger partial charge in [-0.25, -0.2) is 0 Å². The highest BCUT2D eigenvalue weighted by Crippen LogP contribution is 2.30. The molecule has 12 unspecified atom stereocenters. The van der Waals surface area contributed by atoms with Gasteiger partial charge >= 0.3 is 0 Å². The van der Waals surface area contributed by atoms with Crippen LogP contribution in [0.3, 0.4) is 0 Å². The van der Waals surface area contributed by atoms with Crippen molar-refractivity contribution < 1.29 is 64.6 Å². The van der Waals surface area contributed by atoms with Crippen molar-refractivity contribution in [2.75, 3.05) is 19.8 Å². The fraction of sp³-hybridized carbons (Fsp3) is 0.939. The number of allylic oxidation sites excluding steroid dienone is 1. The largest absolute Gasteiger partial charge is 0.394 e. The minimum absolute atomic E-state index is 0.242. The van der Waals surface area contributed by atoms with Crippen molar-refractivity contribution in [3.8, 4) is 0 Å². The number of hydrogen-bond donors (Lipinski definition) is 9. The summed E-state index contributed by atoms with van der Waals surface area (Å²) in [7, 11) is 0. The second-order valence-electron chi connectivity index (χ2n) is 18.3. The van der Waals surface area contributed by atoms with Crippen LogP contribution in [0.5, 0.6) is 0 Å². The molecule has 14 heteroatoms. The minimum Gasteiger partial charge on any atom is -0.394 e. The Balaban J connectivity index is 1.81. The number of ether oxygens (including phenoxy) is 4. The number of rotatable bonds is 39. The van der Waals surface area contributed by atoms with Crippen molar-refractivity contribution in [3.63, 3.8) is 0 Å². The predicted octanol–water partition coefficient (Wildman–Crippen LogP) is 6.38. The van der Waals surface area contributed by atoms with Gasteiger partial charge in [0.05, 0.1) is 32.0 Å². The fourth-order valence-electron chi connectivity index (χ4n) is 8.53. The number of nitrogens with one attached hydrogen (secondary N) is 1.